The van der Waals surface area contributed by atoms with Gasteiger partial charge in [0.15, 0.2) is 0 Å². The molecule has 1 heterocycles. The molecule has 1 unspecified atom stereocenters. The van der Waals surface area contributed by atoms with E-state index >= 15 is 0 Å². The van der Waals surface area contributed by atoms with Crippen molar-refractivity contribution >= 4 is 22.4 Å². The minimum Gasteiger partial charge on any atom is -0.489 e. The number of anilines is 1. The van der Waals surface area contributed by atoms with E-state index in [9.17, 15) is 4.79 Å². The lowest BCUT2D eigenvalue weighted by molar-refractivity contribution is 0.0665. The first-order chi connectivity index (χ1) is 16.1. The summed E-state index contributed by atoms with van der Waals surface area (Å²) in [5.74, 6) is 0.747. The molecular formula is C29H26N2O2. The normalized spacial score (nSPS) is 15.1. The van der Waals surface area contributed by atoms with Gasteiger partial charge in [0.2, 0.25) is 0 Å². The van der Waals surface area contributed by atoms with E-state index < -0.39 is 0 Å². The third-order valence-electron chi connectivity index (χ3n) is 5.90. The molecule has 4 heteroatoms. The number of para-hydroxylation sites is 1. The molecule has 0 aliphatic carbocycles. The van der Waals surface area contributed by atoms with Gasteiger partial charge in [0.05, 0.1) is 5.56 Å². The number of carbonyl (C=O) groups excluding carboxylic acids is 1. The lowest BCUT2D eigenvalue weighted by Crippen LogP contribution is -2.42. The zero-order valence-electron chi connectivity index (χ0n) is 18.6. The van der Waals surface area contributed by atoms with Gasteiger partial charge in [0, 0.05) is 17.8 Å². The SMILES string of the molecule is C=C(C)COc1ccc2ccccc2c1C1Nc2ccccc2C(=O)N1Cc1ccccc1. The first kappa shape index (κ1) is 20.8. The van der Waals surface area contributed by atoms with E-state index in [0.29, 0.717) is 18.7 Å². The number of benzene rings is 4. The molecule has 5 rings (SSSR count). The van der Waals surface area contributed by atoms with Crippen molar-refractivity contribution < 1.29 is 9.53 Å². The molecular weight excluding hydrogens is 408 g/mol. The highest BCUT2D eigenvalue weighted by atomic mass is 16.5. The summed E-state index contributed by atoms with van der Waals surface area (Å²) in [5, 5.41) is 5.79. The van der Waals surface area contributed by atoms with Crippen molar-refractivity contribution in [3.8, 4) is 5.75 Å². The summed E-state index contributed by atoms with van der Waals surface area (Å²) >= 11 is 0. The minimum atomic E-state index is -0.390. The number of ether oxygens (including phenoxy) is 1. The third kappa shape index (κ3) is 4.08. The zero-order valence-corrected chi connectivity index (χ0v) is 18.6. The fraction of sp³-hybridized carbons (Fsp3) is 0.138. The Morgan fingerprint density at radius 3 is 2.48 bits per heavy atom. The van der Waals surface area contributed by atoms with Crippen LogP contribution < -0.4 is 10.1 Å². The fourth-order valence-electron chi connectivity index (χ4n) is 4.35. The Morgan fingerprint density at radius 2 is 1.67 bits per heavy atom. The van der Waals surface area contributed by atoms with Gasteiger partial charge in [-0.3, -0.25) is 4.79 Å². The van der Waals surface area contributed by atoms with Crippen LogP contribution in [-0.4, -0.2) is 17.4 Å². The highest BCUT2D eigenvalue weighted by Gasteiger charge is 2.35. The van der Waals surface area contributed by atoms with Crippen molar-refractivity contribution in [2.45, 2.75) is 19.6 Å². The summed E-state index contributed by atoms with van der Waals surface area (Å²) in [5.41, 5.74) is 4.47. The second-order valence-corrected chi connectivity index (χ2v) is 8.46. The van der Waals surface area contributed by atoms with Crippen molar-refractivity contribution in [3.63, 3.8) is 0 Å². The predicted octanol–water partition coefficient (Wildman–Crippen LogP) is 6.56. The Labute approximate surface area is 194 Å². The summed E-state index contributed by atoms with van der Waals surface area (Å²) in [7, 11) is 0. The van der Waals surface area contributed by atoms with E-state index in [1.807, 2.05) is 84.6 Å². The maximum absolute atomic E-state index is 13.7. The molecule has 0 spiro atoms. The van der Waals surface area contributed by atoms with Gasteiger partial charge in [-0.1, -0.05) is 79.4 Å². The monoisotopic (exact) mass is 434 g/mol. The average Bonchev–Trinajstić information content (AvgIpc) is 2.84. The molecule has 1 aliphatic heterocycles. The number of amides is 1. The van der Waals surface area contributed by atoms with Crippen molar-refractivity contribution in [2.75, 3.05) is 11.9 Å². The van der Waals surface area contributed by atoms with E-state index in [2.05, 4.69) is 30.1 Å². The van der Waals surface area contributed by atoms with Crippen molar-refractivity contribution in [2.24, 2.45) is 0 Å². The molecule has 0 aromatic heterocycles. The van der Waals surface area contributed by atoms with Gasteiger partial charge in [-0.25, -0.2) is 0 Å². The quantitative estimate of drug-likeness (QED) is 0.349. The third-order valence-corrected chi connectivity index (χ3v) is 5.90. The van der Waals surface area contributed by atoms with Crippen molar-refractivity contribution in [1.82, 2.24) is 4.90 Å². The van der Waals surface area contributed by atoms with Gasteiger partial charge in [0.1, 0.15) is 18.5 Å². The Balaban J connectivity index is 1.68. The first-order valence-electron chi connectivity index (χ1n) is 11.1. The van der Waals surface area contributed by atoms with Crippen LogP contribution in [0.4, 0.5) is 5.69 Å². The van der Waals surface area contributed by atoms with Crippen LogP contribution in [0.3, 0.4) is 0 Å². The topological polar surface area (TPSA) is 41.6 Å². The highest BCUT2D eigenvalue weighted by molar-refractivity contribution is 6.02. The van der Waals surface area contributed by atoms with Crippen LogP contribution in [0, 0.1) is 0 Å². The van der Waals surface area contributed by atoms with Gasteiger partial charge in [-0.05, 0) is 47.0 Å². The number of nitrogens with zero attached hydrogens (tertiary/aromatic N) is 1. The first-order valence-corrected chi connectivity index (χ1v) is 11.1. The number of nitrogens with one attached hydrogen (secondary N) is 1. The minimum absolute atomic E-state index is 0.00279. The van der Waals surface area contributed by atoms with E-state index in [4.69, 9.17) is 4.74 Å². The summed E-state index contributed by atoms with van der Waals surface area (Å²) < 4.78 is 6.20. The summed E-state index contributed by atoms with van der Waals surface area (Å²) in [6, 6.07) is 30.0. The molecule has 164 valence electrons. The summed E-state index contributed by atoms with van der Waals surface area (Å²) in [6.07, 6.45) is -0.390. The molecule has 0 radical (unpaired) electrons. The molecule has 0 saturated carbocycles. The molecule has 1 atom stereocenters. The average molecular weight is 435 g/mol. The smallest absolute Gasteiger partial charge is 0.258 e. The van der Waals surface area contributed by atoms with E-state index in [-0.39, 0.29) is 12.1 Å². The van der Waals surface area contributed by atoms with Crippen LogP contribution >= 0.6 is 0 Å². The van der Waals surface area contributed by atoms with E-state index in [0.717, 1.165) is 38.9 Å². The molecule has 0 fully saturated rings. The Hall–Kier alpha value is -4.05. The lowest BCUT2D eigenvalue weighted by atomic mass is 9.97. The number of rotatable bonds is 6. The van der Waals surface area contributed by atoms with Crippen molar-refractivity contribution in [3.05, 3.63) is 120 Å². The summed E-state index contributed by atoms with van der Waals surface area (Å²) in [6.45, 7) is 6.83. The van der Waals surface area contributed by atoms with Gasteiger partial charge in [0.25, 0.3) is 5.91 Å². The molecule has 4 aromatic carbocycles. The molecule has 1 amide bonds. The van der Waals surface area contributed by atoms with Crippen LogP contribution in [0.2, 0.25) is 0 Å². The second-order valence-electron chi connectivity index (χ2n) is 8.46. The number of hydrogen-bond donors (Lipinski definition) is 1. The molecule has 4 aromatic rings. The van der Waals surface area contributed by atoms with Crippen molar-refractivity contribution in [1.29, 1.82) is 0 Å². The number of carbonyl (C=O) groups is 1. The van der Waals surface area contributed by atoms with Crippen LogP contribution in [0.15, 0.2) is 103 Å². The Morgan fingerprint density at radius 1 is 0.939 bits per heavy atom. The summed E-state index contributed by atoms with van der Waals surface area (Å²) in [4.78, 5) is 15.6. The number of fused-ring (bicyclic) bond motifs is 2. The molecule has 4 nitrogen and oxygen atoms in total. The number of hydrogen-bond acceptors (Lipinski definition) is 3. The van der Waals surface area contributed by atoms with E-state index in [1.54, 1.807) is 0 Å². The van der Waals surface area contributed by atoms with Crippen LogP contribution in [-0.2, 0) is 6.54 Å². The Bertz CT molecular complexity index is 1330. The zero-order chi connectivity index (χ0) is 22.8. The van der Waals surface area contributed by atoms with Gasteiger partial charge < -0.3 is 15.0 Å². The van der Waals surface area contributed by atoms with Crippen LogP contribution in [0.25, 0.3) is 10.8 Å². The standard InChI is InChI=1S/C29H26N2O2/c1-20(2)19-33-26-17-16-22-12-6-7-13-23(22)27(26)28-30-25-15-9-8-14-24(25)29(32)31(28)18-21-10-4-3-5-11-21/h3-17,28,30H,1,18-19H2,2H3. The molecule has 1 N–H and O–H groups in total. The lowest BCUT2D eigenvalue weighted by Gasteiger charge is -2.39. The maximum atomic E-state index is 13.7. The molecule has 1 aliphatic rings. The largest absolute Gasteiger partial charge is 0.489 e. The van der Waals surface area contributed by atoms with Crippen LogP contribution in [0.1, 0.15) is 34.6 Å². The predicted molar refractivity (Wildman–Crippen MR) is 133 cm³/mol. The van der Waals surface area contributed by atoms with Gasteiger partial charge in [-0.2, -0.15) is 0 Å². The molecule has 0 bridgehead atoms. The Kier molecular flexibility index (Phi) is 5.57. The fourth-order valence-corrected chi connectivity index (χ4v) is 4.35. The molecule has 33 heavy (non-hydrogen) atoms. The maximum Gasteiger partial charge on any atom is 0.258 e. The van der Waals surface area contributed by atoms with Crippen LogP contribution in [0.5, 0.6) is 5.75 Å². The van der Waals surface area contributed by atoms with Gasteiger partial charge >= 0.3 is 0 Å². The molecule has 0 saturated heterocycles. The highest BCUT2D eigenvalue weighted by Crippen LogP contribution is 2.41. The van der Waals surface area contributed by atoms with E-state index in [1.165, 1.54) is 0 Å². The second kappa shape index (κ2) is 8.83. The van der Waals surface area contributed by atoms with Gasteiger partial charge in [-0.15, -0.1) is 0 Å².